The van der Waals surface area contributed by atoms with Crippen LogP contribution in [0.25, 0.3) is 0 Å². The smallest absolute Gasteiger partial charge is 0.337 e. The Morgan fingerprint density at radius 3 is 2.45 bits per heavy atom. The first-order valence-corrected chi connectivity index (χ1v) is 7.24. The molecule has 0 aromatic heterocycles. The minimum absolute atomic E-state index is 0.0393. The molecule has 0 atom stereocenters. The van der Waals surface area contributed by atoms with Gasteiger partial charge in [-0.2, -0.15) is 0 Å². The van der Waals surface area contributed by atoms with Crippen LogP contribution in [0, 0.1) is 0 Å². The van der Waals surface area contributed by atoms with E-state index in [-0.39, 0.29) is 23.6 Å². The summed E-state index contributed by atoms with van der Waals surface area (Å²) in [5.41, 5.74) is 1.12. The zero-order valence-corrected chi connectivity index (χ0v) is 13.4. The Morgan fingerprint density at radius 1 is 1.18 bits per heavy atom. The predicted octanol–water partition coefficient (Wildman–Crippen LogP) is 3.34. The summed E-state index contributed by atoms with van der Waals surface area (Å²) in [6, 6.07) is 11.8. The third-order valence-electron chi connectivity index (χ3n) is 3.01. The van der Waals surface area contributed by atoms with Gasteiger partial charge in [0.15, 0.2) is 0 Å². The SMILES string of the molecule is COc1ccc(CC(=O)Nc2ccc(Br)cc2C(=O)O)cc1. The number of nitrogens with one attached hydrogen (secondary N) is 1. The Morgan fingerprint density at radius 2 is 1.86 bits per heavy atom. The molecule has 6 heteroatoms. The van der Waals surface area contributed by atoms with Crippen LogP contribution in [-0.4, -0.2) is 24.1 Å². The Kier molecular flexibility index (Phi) is 5.16. The van der Waals surface area contributed by atoms with Gasteiger partial charge in [-0.3, -0.25) is 4.79 Å². The monoisotopic (exact) mass is 363 g/mol. The molecular weight excluding hydrogens is 350 g/mol. The van der Waals surface area contributed by atoms with Crippen molar-refractivity contribution in [3.8, 4) is 5.75 Å². The van der Waals surface area contributed by atoms with Crippen LogP contribution in [0.5, 0.6) is 5.75 Å². The molecule has 0 aliphatic heterocycles. The molecule has 0 spiro atoms. The second-order valence-electron chi connectivity index (χ2n) is 4.57. The summed E-state index contributed by atoms with van der Waals surface area (Å²) in [7, 11) is 1.57. The van der Waals surface area contributed by atoms with E-state index in [1.165, 1.54) is 6.07 Å². The number of carboxylic acids is 1. The van der Waals surface area contributed by atoms with Crippen molar-refractivity contribution >= 4 is 33.5 Å². The summed E-state index contributed by atoms with van der Waals surface area (Å²) in [6.45, 7) is 0. The van der Waals surface area contributed by atoms with Gasteiger partial charge in [-0.15, -0.1) is 0 Å². The number of aromatic carboxylic acids is 1. The molecule has 22 heavy (non-hydrogen) atoms. The number of carbonyl (C=O) groups is 2. The number of hydrogen-bond donors (Lipinski definition) is 2. The van der Waals surface area contributed by atoms with Crippen LogP contribution in [-0.2, 0) is 11.2 Å². The number of carboxylic acid groups (broad SMARTS) is 1. The first-order chi connectivity index (χ1) is 10.5. The first-order valence-electron chi connectivity index (χ1n) is 6.45. The number of rotatable bonds is 5. The van der Waals surface area contributed by atoms with Crippen LogP contribution in [0.2, 0.25) is 0 Å². The van der Waals surface area contributed by atoms with Crippen LogP contribution in [0.1, 0.15) is 15.9 Å². The van der Waals surface area contributed by atoms with Gasteiger partial charge in [0, 0.05) is 4.47 Å². The number of benzene rings is 2. The molecule has 0 saturated heterocycles. The first kappa shape index (κ1) is 16.0. The average molecular weight is 364 g/mol. The number of carbonyl (C=O) groups excluding carboxylic acids is 1. The summed E-state index contributed by atoms with van der Waals surface area (Å²) in [6.07, 6.45) is 0.152. The van der Waals surface area contributed by atoms with Crippen molar-refractivity contribution < 1.29 is 19.4 Å². The Bertz CT molecular complexity index is 698. The normalized spacial score (nSPS) is 10.1. The number of hydrogen-bond acceptors (Lipinski definition) is 3. The second kappa shape index (κ2) is 7.09. The highest BCUT2D eigenvalue weighted by molar-refractivity contribution is 9.10. The fourth-order valence-corrected chi connectivity index (χ4v) is 2.29. The summed E-state index contributed by atoms with van der Waals surface area (Å²) in [4.78, 5) is 23.2. The van der Waals surface area contributed by atoms with Crippen molar-refractivity contribution in [2.75, 3.05) is 12.4 Å². The van der Waals surface area contributed by atoms with Crippen molar-refractivity contribution in [3.05, 3.63) is 58.1 Å². The molecule has 2 rings (SSSR count). The van der Waals surface area contributed by atoms with E-state index in [0.717, 1.165) is 5.56 Å². The van der Waals surface area contributed by atoms with Crippen LogP contribution in [0.15, 0.2) is 46.9 Å². The zero-order chi connectivity index (χ0) is 16.1. The molecule has 2 aromatic carbocycles. The van der Waals surface area contributed by atoms with Gasteiger partial charge in [-0.05, 0) is 35.9 Å². The standard InChI is InChI=1S/C16H14BrNO4/c1-22-12-5-2-10(3-6-12)8-15(19)18-14-7-4-11(17)9-13(14)16(20)21/h2-7,9H,8H2,1H3,(H,18,19)(H,20,21). The number of anilines is 1. The molecule has 0 unspecified atom stereocenters. The van der Waals surface area contributed by atoms with E-state index in [2.05, 4.69) is 21.2 Å². The number of ether oxygens (including phenoxy) is 1. The van der Waals surface area contributed by atoms with E-state index < -0.39 is 5.97 Å². The maximum Gasteiger partial charge on any atom is 0.337 e. The van der Waals surface area contributed by atoms with Crippen LogP contribution in [0.4, 0.5) is 5.69 Å². The van der Waals surface area contributed by atoms with Gasteiger partial charge in [0.2, 0.25) is 5.91 Å². The van der Waals surface area contributed by atoms with E-state index >= 15 is 0 Å². The Labute approximate surface area is 136 Å². The quantitative estimate of drug-likeness (QED) is 0.853. The highest BCUT2D eigenvalue weighted by Crippen LogP contribution is 2.21. The molecule has 1 amide bonds. The number of halogens is 1. The van der Waals surface area contributed by atoms with Gasteiger partial charge in [-0.25, -0.2) is 4.79 Å². The Balaban J connectivity index is 2.10. The van der Waals surface area contributed by atoms with Crippen molar-refractivity contribution in [1.29, 1.82) is 0 Å². The topological polar surface area (TPSA) is 75.6 Å². The van der Waals surface area contributed by atoms with Gasteiger partial charge in [0.25, 0.3) is 0 Å². The minimum Gasteiger partial charge on any atom is -0.497 e. The molecule has 0 saturated carbocycles. The lowest BCUT2D eigenvalue weighted by molar-refractivity contribution is -0.115. The molecular formula is C16H14BrNO4. The molecule has 0 radical (unpaired) electrons. The van der Waals surface area contributed by atoms with E-state index in [1.54, 1.807) is 43.5 Å². The van der Waals surface area contributed by atoms with E-state index in [1.807, 2.05) is 0 Å². The molecule has 0 aliphatic carbocycles. The van der Waals surface area contributed by atoms with Crippen molar-refractivity contribution in [2.24, 2.45) is 0 Å². The average Bonchev–Trinajstić information content (AvgIpc) is 2.49. The third kappa shape index (κ3) is 4.08. The van der Waals surface area contributed by atoms with Crippen molar-refractivity contribution in [2.45, 2.75) is 6.42 Å². The van der Waals surface area contributed by atoms with Crippen LogP contribution >= 0.6 is 15.9 Å². The maximum atomic E-state index is 12.0. The van der Waals surface area contributed by atoms with Crippen LogP contribution in [0.3, 0.4) is 0 Å². The van der Waals surface area contributed by atoms with Crippen LogP contribution < -0.4 is 10.1 Å². The fourth-order valence-electron chi connectivity index (χ4n) is 1.93. The number of amides is 1. The van der Waals surface area contributed by atoms with Gasteiger partial charge in [0.05, 0.1) is 24.8 Å². The van der Waals surface area contributed by atoms with E-state index in [4.69, 9.17) is 9.84 Å². The molecule has 5 nitrogen and oxygen atoms in total. The lowest BCUT2D eigenvalue weighted by Crippen LogP contribution is -2.16. The zero-order valence-electron chi connectivity index (χ0n) is 11.8. The van der Waals surface area contributed by atoms with Crippen molar-refractivity contribution in [3.63, 3.8) is 0 Å². The highest BCUT2D eigenvalue weighted by Gasteiger charge is 2.13. The van der Waals surface area contributed by atoms with Gasteiger partial charge < -0.3 is 15.2 Å². The van der Waals surface area contributed by atoms with Gasteiger partial charge in [-0.1, -0.05) is 28.1 Å². The Hall–Kier alpha value is -2.34. The summed E-state index contributed by atoms with van der Waals surface area (Å²) in [5.74, 6) is -0.665. The largest absolute Gasteiger partial charge is 0.497 e. The molecule has 2 N–H and O–H groups in total. The fraction of sp³-hybridized carbons (Fsp3) is 0.125. The summed E-state index contributed by atoms with van der Waals surface area (Å²) < 4.78 is 5.69. The van der Waals surface area contributed by atoms with E-state index in [9.17, 15) is 9.59 Å². The summed E-state index contributed by atoms with van der Waals surface area (Å²) >= 11 is 3.21. The maximum absolute atomic E-state index is 12.0. The molecule has 114 valence electrons. The third-order valence-corrected chi connectivity index (χ3v) is 3.50. The minimum atomic E-state index is -1.10. The van der Waals surface area contributed by atoms with Gasteiger partial charge >= 0.3 is 5.97 Å². The lowest BCUT2D eigenvalue weighted by atomic mass is 10.1. The molecule has 0 fully saturated rings. The van der Waals surface area contributed by atoms with E-state index in [0.29, 0.717) is 10.2 Å². The second-order valence-corrected chi connectivity index (χ2v) is 5.48. The summed E-state index contributed by atoms with van der Waals surface area (Å²) in [5, 5.41) is 11.8. The lowest BCUT2D eigenvalue weighted by Gasteiger charge is -2.09. The highest BCUT2D eigenvalue weighted by atomic mass is 79.9. The number of methoxy groups -OCH3 is 1. The molecule has 2 aromatic rings. The van der Waals surface area contributed by atoms with Crippen molar-refractivity contribution in [1.82, 2.24) is 0 Å². The van der Waals surface area contributed by atoms with Gasteiger partial charge in [0.1, 0.15) is 5.75 Å². The molecule has 0 aliphatic rings. The predicted molar refractivity (Wildman–Crippen MR) is 86.4 cm³/mol. The molecule has 0 heterocycles. The molecule has 0 bridgehead atoms.